The number of aryl methyl sites for hydroxylation is 1. The van der Waals surface area contributed by atoms with Crippen molar-refractivity contribution in [1.82, 2.24) is 5.32 Å². The molecular formula is C17H22FNO4. The molecule has 0 radical (unpaired) electrons. The molecule has 1 aromatic rings. The molecule has 23 heavy (non-hydrogen) atoms. The van der Waals surface area contributed by atoms with E-state index in [1.807, 2.05) is 6.92 Å². The molecule has 0 bridgehead atoms. The van der Waals surface area contributed by atoms with Gasteiger partial charge in [0.25, 0.3) is 5.91 Å². The minimum atomic E-state index is -1.40. The first-order valence-electron chi connectivity index (χ1n) is 7.59. The first-order chi connectivity index (χ1) is 10.7. The van der Waals surface area contributed by atoms with Crippen LogP contribution in [-0.4, -0.2) is 35.2 Å². The Balaban J connectivity index is 2.26. The van der Waals surface area contributed by atoms with Crippen LogP contribution in [-0.2, 0) is 9.53 Å². The first kappa shape index (κ1) is 17.4. The smallest absolute Gasteiger partial charge is 0.330 e. The molecule has 0 heterocycles. The maximum absolute atomic E-state index is 13.3. The highest BCUT2D eigenvalue weighted by Crippen LogP contribution is 2.51. The van der Waals surface area contributed by atoms with Crippen LogP contribution in [0.1, 0.15) is 43.1 Å². The van der Waals surface area contributed by atoms with Gasteiger partial charge in [0.2, 0.25) is 0 Å². The molecule has 0 aromatic heterocycles. The predicted octanol–water partition coefficient (Wildman–Crippen LogP) is 2.52. The summed E-state index contributed by atoms with van der Waals surface area (Å²) in [6, 6.07) is 3.96. The second-order valence-electron chi connectivity index (χ2n) is 6.50. The molecule has 5 nitrogen and oxygen atoms in total. The van der Waals surface area contributed by atoms with E-state index in [0.29, 0.717) is 12.2 Å². The Morgan fingerprint density at radius 2 is 2.09 bits per heavy atom. The van der Waals surface area contributed by atoms with E-state index >= 15 is 0 Å². The lowest BCUT2D eigenvalue weighted by Gasteiger charge is -2.58. The number of carboxylic acids is 1. The van der Waals surface area contributed by atoms with Crippen LogP contribution in [0.25, 0.3) is 0 Å². The van der Waals surface area contributed by atoms with Crippen molar-refractivity contribution in [2.75, 3.05) is 6.61 Å². The SMILES string of the molecule is CCOC1CC(NC(=O)c2ccc(F)c(C)c2)(C(=O)O)C1(C)C. The number of amides is 1. The average Bonchev–Trinajstić information content (AvgIpc) is 2.48. The predicted molar refractivity (Wildman–Crippen MR) is 82.8 cm³/mol. The standard InChI is InChI=1S/C17H22FNO4/c1-5-23-13-9-17(15(21)22,16(13,3)4)19-14(20)11-6-7-12(18)10(2)8-11/h6-8,13H,5,9H2,1-4H3,(H,19,20)(H,21,22). The number of halogens is 1. The first-order valence-corrected chi connectivity index (χ1v) is 7.59. The van der Waals surface area contributed by atoms with E-state index < -0.39 is 28.6 Å². The third-order valence-electron chi connectivity index (χ3n) is 4.88. The lowest BCUT2D eigenvalue weighted by atomic mass is 9.54. The van der Waals surface area contributed by atoms with Crippen LogP contribution in [0.5, 0.6) is 0 Å². The summed E-state index contributed by atoms with van der Waals surface area (Å²) in [5.74, 6) is -2.03. The third-order valence-corrected chi connectivity index (χ3v) is 4.88. The zero-order chi connectivity index (χ0) is 17.4. The van der Waals surface area contributed by atoms with Gasteiger partial charge in [0.05, 0.1) is 6.10 Å². The largest absolute Gasteiger partial charge is 0.479 e. The molecule has 1 aliphatic rings. The van der Waals surface area contributed by atoms with Crippen molar-refractivity contribution in [3.63, 3.8) is 0 Å². The maximum Gasteiger partial charge on any atom is 0.330 e. The van der Waals surface area contributed by atoms with Gasteiger partial charge in [0.1, 0.15) is 11.4 Å². The van der Waals surface area contributed by atoms with Gasteiger partial charge in [-0.3, -0.25) is 4.79 Å². The summed E-state index contributed by atoms with van der Waals surface area (Å²) >= 11 is 0. The van der Waals surface area contributed by atoms with E-state index in [1.54, 1.807) is 20.8 Å². The molecule has 0 aliphatic heterocycles. The highest BCUT2D eigenvalue weighted by molar-refractivity contribution is 5.98. The third kappa shape index (κ3) is 2.72. The highest BCUT2D eigenvalue weighted by Gasteiger charge is 2.66. The van der Waals surface area contributed by atoms with Crippen molar-refractivity contribution in [2.45, 2.75) is 45.8 Å². The van der Waals surface area contributed by atoms with Crippen LogP contribution < -0.4 is 5.32 Å². The van der Waals surface area contributed by atoms with Crippen molar-refractivity contribution >= 4 is 11.9 Å². The van der Waals surface area contributed by atoms with Gasteiger partial charge in [-0.05, 0) is 37.6 Å². The van der Waals surface area contributed by atoms with Gasteiger partial charge < -0.3 is 15.2 Å². The molecule has 2 atom stereocenters. The van der Waals surface area contributed by atoms with E-state index in [9.17, 15) is 19.1 Å². The number of aliphatic carboxylic acids is 1. The van der Waals surface area contributed by atoms with Crippen molar-refractivity contribution in [3.05, 3.63) is 35.1 Å². The fraction of sp³-hybridized carbons (Fsp3) is 0.529. The lowest BCUT2D eigenvalue weighted by molar-refractivity contribution is -0.190. The Morgan fingerprint density at radius 3 is 2.57 bits per heavy atom. The van der Waals surface area contributed by atoms with Crippen LogP contribution >= 0.6 is 0 Å². The lowest BCUT2D eigenvalue weighted by Crippen LogP contribution is -2.76. The minimum Gasteiger partial charge on any atom is -0.479 e. The minimum absolute atomic E-state index is 0.203. The number of ether oxygens (including phenoxy) is 1. The van der Waals surface area contributed by atoms with Crippen molar-refractivity contribution in [1.29, 1.82) is 0 Å². The van der Waals surface area contributed by atoms with Gasteiger partial charge in [0, 0.05) is 24.0 Å². The van der Waals surface area contributed by atoms with Gasteiger partial charge in [-0.25, -0.2) is 9.18 Å². The van der Waals surface area contributed by atoms with E-state index in [2.05, 4.69) is 5.32 Å². The Kier molecular flexibility index (Phi) is 4.48. The number of rotatable bonds is 5. The second kappa shape index (κ2) is 5.92. The number of carboxylic acid groups (broad SMARTS) is 1. The van der Waals surface area contributed by atoms with Crippen molar-refractivity contribution in [2.24, 2.45) is 5.41 Å². The van der Waals surface area contributed by atoms with Gasteiger partial charge in [-0.1, -0.05) is 13.8 Å². The molecule has 0 spiro atoms. The number of carbonyl (C=O) groups is 2. The van der Waals surface area contributed by atoms with E-state index in [0.717, 1.165) is 0 Å². The van der Waals surface area contributed by atoms with Crippen LogP contribution in [0.15, 0.2) is 18.2 Å². The summed E-state index contributed by atoms with van der Waals surface area (Å²) < 4.78 is 18.9. The number of hydrogen-bond donors (Lipinski definition) is 2. The molecule has 2 N–H and O–H groups in total. The van der Waals surface area contributed by atoms with E-state index in [-0.39, 0.29) is 18.1 Å². The quantitative estimate of drug-likeness (QED) is 0.873. The topological polar surface area (TPSA) is 75.6 Å². The summed E-state index contributed by atoms with van der Waals surface area (Å²) in [6.07, 6.45) is -0.0337. The molecule has 1 aromatic carbocycles. The molecule has 1 saturated carbocycles. The molecule has 2 unspecified atom stereocenters. The number of benzene rings is 1. The van der Waals surface area contributed by atoms with Gasteiger partial charge in [-0.2, -0.15) is 0 Å². The van der Waals surface area contributed by atoms with Crippen LogP contribution in [0, 0.1) is 18.2 Å². The molecule has 1 fully saturated rings. The van der Waals surface area contributed by atoms with Gasteiger partial charge >= 0.3 is 5.97 Å². The molecule has 6 heteroatoms. The zero-order valence-corrected chi connectivity index (χ0v) is 13.8. The Hall–Kier alpha value is -1.95. The molecule has 1 aliphatic carbocycles. The normalized spacial score (nSPS) is 25.5. The van der Waals surface area contributed by atoms with Crippen LogP contribution in [0.3, 0.4) is 0 Å². The molecular weight excluding hydrogens is 301 g/mol. The Labute approximate surface area is 134 Å². The number of nitrogens with one attached hydrogen (secondary N) is 1. The second-order valence-corrected chi connectivity index (χ2v) is 6.50. The summed E-state index contributed by atoms with van der Waals surface area (Å²) in [6.45, 7) is 7.41. The molecule has 126 valence electrons. The average molecular weight is 323 g/mol. The Morgan fingerprint density at radius 1 is 1.43 bits per heavy atom. The van der Waals surface area contributed by atoms with E-state index in [1.165, 1.54) is 18.2 Å². The van der Waals surface area contributed by atoms with Gasteiger partial charge in [0.15, 0.2) is 0 Å². The number of hydrogen-bond acceptors (Lipinski definition) is 3. The maximum atomic E-state index is 13.3. The monoisotopic (exact) mass is 323 g/mol. The number of carbonyl (C=O) groups excluding carboxylic acids is 1. The summed E-state index contributed by atoms with van der Waals surface area (Å²) in [4.78, 5) is 24.3. The zero-order valence-electron chi connectivity index (χ0n) is 13.8. The summed E-state index contributed by atoms with van der Waals surface area (Å²) in [5.41, 5.74) is -1.58. The molecule has 2 rings (SSSR count). The summed E-state index contributed by atoms with van der Waals surface area (Å²) in [7, 11) is 0. The highest BCUT2D eigenvalue weighted by atomic mass is 19.1. The van der Waals surface area contributed by atoms with Crippen molar-refractivity contribution < 1.29 is 23.8 Å². The van der Waals surface area contributed by atoms with E-state index in [4.69, 9.17) is 4.74 Å². The Bertz CT molecular complexity index is 643. The summed E-state index contributed by atoms with van der Waals surface area (Å²) in [5, 5.41) is 12.3. The van der Waals surface area contributed by atoms with Gasteiger partial charge in [-0.15, -0.1) is 0 Å². The molecule has 1 amide bonds. The van der Waals surface area contributed by atoms with Crippen LogP contribution in [0.2, 0.25) is 0 Å². The van der Waals surface area contributed by atoms with Crippen LogP contribution in [0.4, 0.5) is 4.39 Å². The molecule has 0 saturated heterocycles. The fourth-order valence-electron chi connectivity index (χ4n) is 3.09. The van der Waals surface area contributed by atoms with Crippen molar-refractivity contribution in [3.8, 4) is 0 Å². The fourth-order valence-corrected chi connectivity index (χ4v) is 3.09.